The third-order valence-electron chi connectivity index (χ3n) is 2.67. The second kappa shape index (κ2) is 6.47. The molecule has 18 heavy (non-hydrogen) atoms. The molecule has 0 spiro atoms. The highest BCUT2D eigenvalue weighted by Crippen LogP contribution is 2.36. The van der Waals surface area contributed by atoms with E-state index in [1.165, 1.54) is 0 Å². The third kappa shape index (κ3) is 3.05. The topological polar surface area (TPSA) is 46.2 Å². The van der Waals surface area contributed by atoms with Crippen LogP contribution < -0.4 is 14.2 Å². The van der Waals surface area contributed by atoms with Gasteiger partial charge in [0.1, 0.15) is 0 Å². The van der Waals surface area contributed by atoms with Gasteiger partial charge < -0.3 is 23.7 Å². The molecule has 1 heterocycles. The monoisotopic (exact) mass is 254 g/mol. The van der Waals surface area contributed by atoms with E-state index in [0.29, 0.717) is 43.5 Å². The predicted molar refractivity (Wildman–Crippen MR) is 65.4 cm³/mol. The van der Waals surface area contributed by atoms with E-state index in [4.69, 9.17) is 23.7 Å². The van der Waals surface area contributed by atoms with Crippen molar-refractivity contribution in [2.24, 2.45) is 0 Å². The highest BCUT2D eigenvalue weighted by atomic mass is 16.7. The number of rotatable bonds is 6. The first-order valence-electron chi connectivity index (χ1n) is 5.92. The van der Waals surface area contributed by atoms with Gasteiger partial charge in [-0.3, -0.25) is 0 Å². The molecule has 0 atom stereocenters. The Kier molecular flexibility index (Phi) is 4.66. The lowest BCUT2D eigenvalue weighted by atomic mass is 10.3. The zero-order valence-corrected chi connectivity index (χ0v) is 10.7. The molecule has 1 aliphatic heterocycles. The van der Waals surface area contributed by atoms with Crippen LogP contribution in [-0.4, -0.2) is 40.3 Å². The molecular formula is C13H18O5. The van der Waals surface area contributed by atoms with Crippen molar-refractivity contribution in [1.82, 2.24) is 0 Å². The summed E-state index contributed by atoms with van der Waals surface area (Å²) >= 11 is 0. The lowest BCUT2D eigenvalue weighted by Gasteiger charge is -2.14. The summed E-state index contributed by atoms with van der Waals surface area (Å²) in [5.74, 6) is 1.92. The molecule has 1 aliphatic rings. The van der Waals surface area contributed by atoms with Gasteiger partial charge in [0.15, 0.2) is 17.8 Å². The average Bonchev–Trinajstić information content (AvgIpc) is 2.91. The molecule has 0 radical (unpaired) electrons. The first-order chi connectivity index (χ1) is 8.85. The summed E-state index contributed by atoms with van der Waals surface area (Å²) in [6.07, 6.45) is 0.544. The minimum absolute atomic E-state index is 0.151. The molecule has 1 aromatic carbocycles. The molecule has 0 aromatic heterocycles. The molecule has 100 valence electrons. The molecule has 0 bridgehead atoms. The largest absolute Gasteiger partial charge is 0.493 e. The second-order valence-electron chi connectivity index (χ2n) is 3.80. The molecule has 0 N–H and O–H groups in total. The van der Waals surface area contributed by atoms with Gasteiger partial charge >= 0.3 is 0 Å². The Bertz CT molecular complexity index is 374. The Morgan fingerprint density at radius 1 is 1.11 bits per heavy atom. The van der Waals surface area contributed by atoms with Gasteiger partial charge in [0.05, 0.1) is 34.0 Å². The van der Waals surface area contributed by atoms with Crippen LogP contribution in [0.4, 0.5) is 0 Å². The number of para-hydroxylation sites is 1. The standard InChI is InChI=1S/C13H18O5/c1-14-10-4-3-5-11(13(10)15-2)16-7-6-12-17-8-9-18-12/h3-5,12H,6-9H2,1-2H3. The van der Waals surface area contributed by atoms with Crippen molar-refractivity contribution in [1.29, 1.82) is 0 Å². The van der Waals surface area contributed by atoms with Crippen molar-refractivity contribution in [3.8, 4) is 17.2 Å². The molecule has 0 saturated carbocycles. The minimum atomic E-state index is -0.151. The van der Waals surface area contributed by atoms with E-state index < -0.39 is 0 Å². The average molecular weight is 254 g/mol. The van der Waals surface area contributed by atoms with Crippen LogP contribution in [0.25, 0.3) is 0 Å². The maximum atomic E-state index is 5.67. The van der Waals surface area contributed by atoms with Crippen molar-refractivity contribution >= 4 is 0 Å². The summed E-state index contributed by atoms with van der Waals surface area (Å²) in [6, 6.07) is 5.53. The molecule has 0 amide bonds. The van der Waals surface area contributed by atoms with Crippen molar-refractivity contribution < 1.29 is 23.7 Å². The van der Waals surface area contributed by atoms with E-state index >= 15 is 0 Å². The zero-order valence-electron chi connectivity index (χ0n) is 10.7. The van der Waals surface area contributed by atoms with Crippen LogP contribution in [0.5, 0.6) is 17.2 Å². The first kappa shape index (κ1) is 13.0. The smallest absolute Gasteiger partial charge is 0.203 e. The van der Waals surface area contributed by atoms with E-state index in [2.05, 4.69) is 0 Å². The number of benzene rings is 1. The number of ether oxygens (including phenoxy) is 5. The van der Waals surface area contributed by atoms with Crippen molar-refractivity contribution in [3.63, 3.8) is 0 Å². The molecule has 1 aromatic rings. The highest BCUT2D eigenvalue weighted by Gasteiger charge is 2.16. The van der Waals surface area contributed by atoms with Crippen LogP contribution in [0.2, 0.25) is 0 Å². The molecule has 0 unspecified atom stereocenters. The fraction of sp³-hybridized carbons (Fsp3) is 0.538. The van der Waals surface area contributed by atoms with E-state index in [1.54, 1.807) is 14.2 Å². The molecule has 1 fully saturated rings. The van der Waals surface area contributed by atoms with Gasteiger partial charge in [0, 0.05) is 6.42 Å². The molecule has 2 rings (SSSR count). The van der Waals surface area contributed by atoms with Gasteiger partial charge in [-0.2, -0.15) is 0 Å². The van der Waals surface area contributed by atoms with E-state index in [-0.39, 0.29) is 6.29 Å². The normalized spacial score (nSPS) is 15.7. The van der Waals surface area contributed by atoms with Crippen LogP contribution in [0.1, 0.15) is 6.42 Å². The molecule has 0 aliphatic carbocycles. The minimum Gasteiger partial charge on any atom is -0.493 e. The summed E-state index contributed by atoms with van der Waals surface area (Å²) in [5, 5.41) is 0. The number of methoxy groups -OCH3 is 2. The Morgan fingerprint density at radius 2 is 1.83 bits per heavy atom. The summed E-state index contributed by atoms with van der Waals surface area (Å²) < 4.78 is 26.8. The van der Waals surface area contributed by atoms with Crippen molar-refractivity contribution in [3.05, 3.63) is 18.2 Å². The Hall–Kier alpha value is -1.46. The van der Waals surface area contributed by atoms with Gasteiger partial charge in [-0.25, -0.2) is 0 Å². The van der Waals surface area contributed by atoms with Gasteiger partial charge in [0.2, 0.25) is 5.75 Å². The van der Waals surface area contributed by atoms with E-state index in [0.717, 1.165) is 0 Å². The third-order valence-corrected chi connectivity index (χ3v) is 2.67. The quantitative estimate of drug-likeness (QED) is 0.775. The fourth-order valence-electron chi connectivity index (χ4n) is 1.81. The first-order valence-corrected chi connectivity index (χ1v) is 5.92. The summed E-state index contributed by atoms with van der Waals surface area (Å²) in [6.45, 7) is 1.83. The SMILES string of the molecule is COc1cccc(OCCC2OCCO2)c1OC. The maximum Gasteiger partial charge on any atom is 0.203 e. The van der Waals surface area contributed by atoms with Gasteiger partial charge in [0.25, 0.3) is 0 Å². The van der Waals surface area contributed by atoms with Crippen LogP contribution in [-0.2, 0) is 9.47 Å². The van der Waals surface area contributed by atoms with E-state index in [9.17, 15) is 0 Å². The van der Waals surface area contributed by atoms with Gasteiger partial charge in [-0.1, -0.05) is 6.07 Å². The van der Waals surface area contributed by atoms with Crippen LogP contribution in [0.3, 0.4) is 0 Å². The summed E-state index contributed by atoms with van der Waals surface area (Å²) in [4.78, 5) is 0. The Morgan fingerprint density at radius 3 is 2.50 bits per heavy atom. The molecular weight excluding hydrogens is 236 g/mol. The van der Waals surface area contributed by atoms with Gasteiger partial charge in [-0.05, 0) is 12.1 Å². The Labute approximate surface area is 107 Å². The zero-order chi connectivity index (χ0) is 12.8. The maximum absolute atomic E-state index is 5.67. The Balaban J connectivity index is 1.91. The lowest BCUT2D eigenvalue weighted by molar-refractivity contribution is -0.0532. The summed E-state index contributed by atoms with van der Waals surface area (Å²) in [5.41, 5.74) is 0. The lowest BCUT2D eigenvalue weighted by Crippen LogP contribution is -2.13. The molecule has 5 heteroatoms. The molecule has 1 saturated heterocycles. The predicted octanol–water partition coefficient (Wildman–Crippen LogP) is 1.85. The van der Waals surface area contributed by atoms with Crippen LogP contribution in [0, 0.1) is 0 Å². The highest BCUT2D eigenvalue weighted by molar-refractivity contribution is 5.50. The number of hydrogen-bond donors (Lipinski definition) is 0. The van der Waals surface area contributed by atoms with E-state index in [1.807, 2.05) is 18.2 Å². The number of hydrogen-bond acceptors (Lipinski definition) is 5. The van der Waals surface area contributed by atoms with Crippen LogP contribution in [0.15, 0.2) is 18.2 Å². The summed E-state index contributed by atoms with van der Waals surface area (Å²) in [7, 11) is 3.19. The van der Waals surface area contributed by atoms with Crippen molar-refractivity contribution in [2.75, 3.05) is 34.0 Å². The molecule has 5 nitrogen and oxygen atoms in total. The fourth-order valence-corrected chi connectivity index (χ4v) is 1.81. The van der Waals surface area contributed by atoms with Crippen molar-refractivity contribution in [2.45, 2.75) is 12.7 Å². The second-order valence-corrected chi connectivity index (χ2v) is 3.80. The van der Waals surface area contributed by atoms with Crippen LogP contribution >= 0.6 is 0 Å². The van der Waals surface area contributed by atoms with Gasteiger partial charge in [-0.15, -0.1) is 0 Å².